The standard InChI is InChI=1S/C53H83NO14/c1-32-16-12-11-13-17-33(2)44(63-8)30-40-21-19-38(7)53(62,68-40)50(59)51(60)54-23-15-14-18-41(54)52(61)67-45(35(4)28-39-20-22-43(66-25-24-55)46(29-39)64-9)31-42(56)34(3)27-37(6)48(58)49(65-10)47(57)36(5)26-32/h11-13,16-17,27,32,34-36,38-41,43-46,48-49,55,58,62H,14-15,18-26,28-31H2,1-10H3/b13-11+,16-12+,33-17+,37-27+/t32-,34-,35?,36+,38+,39-,40?,41-,43-,44+,45?,46+,48+,49?,53+/m0/s1. The molecule has 1 aliphatic carbocycles. The van der Waals surface area contributed by atoms with E-state index in [0.29, 0.717) is 63.4 Å². The monoisotopic (exact) mass is 958 g/mol. The molecule has 384 valence electrons. The number of carbonyl (C=O) groups excluding carboxylic acids is 5. The second kappa shape index (κ2) is 27.3. The summed E-state index contributed by atoms with van der Waals surface area (Å²) < 4.78 is 35.6. The van der Waals surface area contributed by atoms with Crippen molar-refractivity contribution in [2.75, 3.05) is 41.1 Å². The van der Waals surface area contributed by atoms with Gasteiger partial charge in [-0.2, -0.15) is 0 Å². The number of esters is 1. The minimum absolute atomic E-state index is 0.0158. The number of ketones is 3. The molecule has 0 aromatic heterocycles. The van der Waals surface area contributed by atoms with Crippen molar-refractivity contribution >= 4 is 29.2 Å². The molecule has 4 unspecified atom stereocenters. The summed E-state index contributed by atoms with van der Waals surface area (Å²) >= 11 is 0. The molecule has 3 heterocycles. The van der Waals surface area contributed by atoms with Crippen LogP contribution in [0.15, 0.2) is 47.6 Å². The maximum atomic E-state index is 14.5. The fourth-order valence-electron chi connectivity index (χ4n) is 10.5. The second-order valence-corrected chi connectivity index (χ2v) is 20.2. The zero-order valence-corrected chi connectivity index (χ0v) is 42.4. The minimum atomic E-state index is -2.43. The van der Waals surface area contributed by atoms with Crippen LogP contribution in [0.1, 0.15) is 126 Å². The molecular formula is C53H83NO14. The minimum Gasteiger partial charge on any atom is -0.460 e. The SMILES string of the molecule is COC1C(=O)[C@H](C)C[C@@H](C)/C=C/C=C/C=C(\C)[C@H](OC)CC2CC[C@@H](C)[C@@](O)(O2)C(=O)C(=O)N2CCCC[C@H]2C(=O)OC(C(C)C[C@@H]2CC[C@H](OCCO)[C@H](OC)C2)CC(=O)[C@@H](C)/C=C(\C)[C@H]1O. The van der Waals surface area contributed by atoms with E-state index in [-0.39, 0.29) is 74.1 Å². The van der Waals surface area contributed by atoms with Crippen molar-refractivity contribution in [2.45, 2.75) is 180 Å². The average Bonchev–Trinajstić information content (AvgIpc) is 3.32. The van der Waals surface area contributed by atoms with Crippen LogP contribution in [0.25, 0.3) is 0 Å². The van der Waals surface area contributed by atoms with Crippen LogP contribution in [0.4, 0.5) is 0 Å². The summed E-state index contributed by atoms with van der Waals surface area (Å²) in [6.45, 7) is 12.9. The Morgan fingerprint density at radius 3 is 2.26 bits per heavy atom. The summed E-state index contributed by atoms with van der Waals surface area (Å²) in [5, 5.41) is 32.8. The molecular weight excluding hydrogens is 875 g/mol. The van der Waals surface area contributed by atoms with Crippen LogP contribution >= 0.6 is 0 Å². The molecule has 2 saturated heterocycles. The molecule has 1 amide bonds. The van der Waals surface area contributed by atoms with E-state index >= 15 is 0 Å². The van der Waals surface area contributed by atoms with E-state index in [0.717, 1.165) is 12.0 Å². The number of amides is 1. The molecule has 4 aliphatic rings. The number of hydrogen-bond donors (Lipinski definition) is 3. The molecule has 15 nitrogen and oxygen atoms in total. The fourth-order valence-corrected chi connectivity index (χ4v) is 10.5. The van der Waals surface area contributed by atoms with E-state index in [9.17, 15) is 39.3 Å². The zero-order chi connectivity index (χ0) is 50.3. The lowest BCUT2D eigenvalue weighted by Gasteiger charge is -2.42. The Labute approximate surface area is 405 Å². The normalized spacial score (nSPS) is 39.2. The third-order valence-electron chi connectivity index (χ3n) is 14.9. The Balaban J connectivity index is 1.70. The van der Waals surface area contributed by atoms with Gasteiger partial charge < -0.3 is 48.6 Å². The summed E-state index contributed by atoms with van der Waals surface area (Å²) in [7, 11) is 4.58. The van der Waals surface area contributed by atoms with Crippen molar-refractivity contribution in [2.24, 2.45) is 35.5 Å². The van der Waals surface area contributed by atoms with Gasteiger partial charge in [0.05, 0.1) is 37.6 Å². The molecule has 2 bridgehead atoms. The molecule has 3 N–H and O–H groups in total. The van der Waals surface area contributed by atoms with Gasteiger partial charge in [0.2, 0.25) is 5.79 Å². The van der Waals surface area contributed by atoms with Gasteiger partial charge in [-0.1, -0.05) is 71.1 Å². The molecule has 4 rings (SSSR count). The van der Waals surface area contributed by atoms with Gasteiger partial charge in [0.1, 0.15) is 30.1 Å². The molecule has 0 aromatic rings. The van der Waals surface area contributed by atoms with E-state index in [4.69, 9.17) is 28.4 Å². The Morgan fingerprint density at radius 2 is 1.59 bits per heavy atom. The predicted molar refractivity (Wildman–Crippen MR) is 256 cm³/mol. The molecule has 15 heteroatoms. The number of Topliss-reactive ketones (excluding diaryl/α,β-unsaturated/α-hetero) is 3. The zero-order valence-electron chi connectivity index (χ0n) is 42.4. The van der Waals surface area contributed by atoms with Crippen LogP contribution in [0.2, 0.25) is 0 Å². The highest BCUT2D eigenvalue weighted by Crippen LogP contribution is 2.38. The smallest absolute Gasteiger partial charge is 0.329 e. The number of cyclic esters (lactones) is 1. The lowest BCUT2D eigenvalue weighted by Crippen LogP contribution is -2.61. The van der Waals surface area contributed by atoms with Crippen molar-refractivity contribution in [1.82, 2.24) is 4.90 Å². The van der Waals surface area contributed by atoms with Gasteiger partial charge in [-0.25, -0.2) is 4.79 Å². The van der Waals surface area contributed by atoms with E-state index in [1.54, 1.807) is 41.1 Å². The number of rotatable bonds is 9. The highest BCUT2D eigenvalue weighted by molar-refractivity contribution is 6.39. The molecule has 1 saturated carbocycles. The summed E-state index contributed by atoms with van der Waals surface area (Å²) in [6, 6.07) is -1.14. The number of ether oxygens (including phenoxy) is 6. The summed E-state index contributed by atoms with van der Waals surface area (Å²) in [4.78, 5) is 72.1. The van der Waals surface area contributed by atoms with E-state index in [1.807, 2.05) is 58.1 Å². The number of aliphatic hydroxyl groups is 3. The van der Waals surface area contributed by atoms with Gasteiger partial charge in [0.15, 0.2) is 5.78 Å². The van der Waals surface area contributed by atoms with Crippen molar-refractivity contribution in [3.05, 3.63) is 47.6 Å². The van der Waals surface area contributed by atoms with Gasteiger partial charge in [-0.3, -0.25) is 19.2 Å². The number of fused-ring (bicyclic) bond motifs is 3. The maximum absolute atomic E-state index is 14.5. The second-order valence-electron chi connectivity index (χ2n) is 20.2. The third-order valence-corrected chi connectivity index (χ3v) is 14.9. The number of nitrogens with zero attached hydrogens (tertiary/aromatic N) is 1. The van der Waals surface area contributed by atoms with Crippen LogP contribution in [0.5, 0.6) is 0 Å². The highest BCUT2D eigenvalue weighted by atomic mass is 16.6. The van der Waals surface area contributed by atoms with E-state index in [2.05, 4.69) is 0 Å². The molecule has 3 fully saturated rings. The number of carbonyl (C=O) groups is 5. The van der Waals surface area contributed by atoms with Crippen LogP contribution in [-0.4, -0.2) is 145 Å². The number of methoxy groups -OCH3 is 3. The number of piperidine rings is 1. The van der Waals surface area contributed by atoms with Gasteiger partial charge in [-0.15, -0.1) is 0 Å². The summed E-state index contributed by atoms with van der Waals surface area (Å²) in [5.74, 6) is -7.96. The van der Waals surface area contributed by atoms with Crippen LogP contribution in [-0.2, 0) is 52.4 Å². The predicted octanol–water partition coefficient (Wildman–Crippen LogP) is 6.20. The molecule has 0 spiro atoms. The Kier molecular flexibility index (Phi) is 22.9. The number of allylic oxidation sites excluding steroid dienone is 6. The first-order valence-electron chi connectivity index (χ1n) is 25.0. The third kappa shape index (κ3) is 15.3. The summed E-state index contributed by atoms with van der Waals surface area (Å²) in [5.41, 5.74) is 1.26. The first-order chi connectivity index (χ1) is 32.3. The number of hydrogen-bond acceptors (Lipinski definition) is 14. The van der Waals surface area contributed by atoms with Gasteiger partial charge in [0.25, 0.3) is 11.7 Å². The maximum Gasteiger partial charge on any atom is 0.329 e. The first kappa shape index (κ1) is 57.2. The number of aliphatic hydroxyl groups excluding tert-OH is 2. The van der Waals surface area contributed by atoms with Crippen LogP contribution in [0, 0.1) is 35.5 Å². The topological polar surface area (TPSA) is 205 Å². The van der Waals surface area contributed by atoms with Crippen molar-refractivity contribution in [3.8, 4) is 0 Å². The van der Waals surface area contributed by atoms with Crippen molar-refractivity contribution in [1.29, 1.82) is 0 Å². The molecule has 68 heavy (non-hydrogen) atoms. The van der Waals surface area contributed by atoms with Gasteiger partial charge in [0, 0.05) is 58.5 Å². The Morgan fingerprint density at radius 1 is 0.853 bits per heavy atom. The Hall–Kier alpha value is -3.41. The average molecular weight is 958 g/mol. The molecule has 0 radical (unpaired) electrons. The van der Waals surface area contributed by atoms with Crippen LogP contribution in [0.3, 0.4) is 0 Å². The van der Waals surface area contributed by atoms with E-state index < -0.39 is 77.8 Å². The van der Waals surface area contributed by atoms with Crippen molar-refractivity contribution < 1.29 is 67.7 Å². The van der Waals surface area contributed by atoms with E-state index in [1.165, 1.54) is 12.0 Å². The lowest BCUT2D eigenvalue weighted by atomic mass is 9.78. The van der Waals surface area contributed by atoms with Crippen LogP contribution < -0.4 is 0 Å². The quantitative estimate of drug-likeness (QED) is 0.134. The lowest BCUT2D eigenvalue weighted by molar-refractivity contribution is -0.265. The summed E-state index contributed by atoms with van der Waals surface area (Å²) in [6.07, 6.45) is 12.0. The largest absolute Gasteiger partial charge is 0.460 e. The van der Waals surface area contributed by atoms with Gasteiger partial charge in [-0.05, 0) is 107 Å². The Bertz CT molecular complexity index is 1810. The highest BCUT2D eigenvalue weighted by Gasteiger charge is 2.53. The molecule has 15 atom stereocenters. The molecule has 0 aromatic carbocycles. The first-order valence-corrected chi connectivity index (χ1v) is 25.0. The fraction of sp³-hybridized carbons (Fsp3) is 0.755. The van der Waals surface area contributed by atoms with Gasteiger partial charge >= 0.3 is 5.97 Å². The van der Waals surface area contributed by atoms with Crippen molar-refractivity contribution in [3.63, 3.8) is 0 Å². The molecule has 3 aliphatic heterocycles.